The van der Waals surface area contributed by atoms with Crippen LogP contribution >= 0.6 is 0 Å². The number of carbonyl (C=O) groups is 1. The number of terminal acetylenes is 1. The number of rotatable bonds is 5. The summed E-state index contributed by atoms with van der Waals surface area (Å²) in [7, 11) is 1.49. The zero-order valence-corrected chi connectivity index (χ0v) is 8.80. The first-order valence-electron chi connectivity index (χ1n) is 4.60. The van der Waals surface area contributed by atoms with Crippen LogP contribution < -0.4 is 10.1 Å². The second-order valence-corrected chi connectivity index (χ2v) is 3.03. The molecule has 1 heterocycles. The molecular weight excluding hydrogens is 208 g/mol. The lowest BCUT2D eigenvalue weighted by atomic mass is 10.2. The predicted octanol–water partition coefficient (Wildman–Crippen LogP) is 0.979. The number of carboxylic acid groups (broad SMARTS) is 1. The lowest BCUT2D eigenvalue weighted by molar-refractivity contribution is -0.137. The molecule has 0 aliphatic carbocycles. The van der Waals surface area contributed by atoms with E-state index in [2.05, 4.69) is 16.2 Å². The molecule has 1 aromatic rings. The maximum atomic E-state index is 10.8. The zero-order valence-electron chi connectivity index (χ0n) is 8.80. The van der Waals surface area contributed by atoms with Gasteiger partial charge in [0.25, 0.3) is 0 Å². The first kappa shape index (κ1) is 11.9. The molecule has 0 bridgehead atoms. The van der Waals surface area contributed by atoms with Crippen molar-refractivity contribution in [3.05, 3.63) is 18.3 Å². The average Bonchev–Trinajstić information content (AvgIpc) is 2.28. The molecule has 0 saturated heterocycles. The molecule has 0 aromatic carbocycles. The Bertz CT molecular complexity index is 412. The summed E-state index contributed by atoms with van der Waals surface area (Å²) in [5, 5.41) is 11.7. The second kappa shape index (κ2) is 5.61. The summed E-state index contributed by atoms with van der Waals surface area (Å²) >= 11 is 0. The van der Waals surface area contributed by atoms with Gasteiger partial charge in [0, 0.05) is 24.4 Å². The molecule has 0 fully saturated rings. The predicted molar refractivity (Wildman–Crippen MR) is 59.3 cm³/mol. The summed E-state index contributed by atoms with van der Waals surface area (Å²) in [6, 6.07) is 2.44. The van der Waals surface area contributed by atoms with E-state index < -0.39 is 12.0 Å². The summed E-state index contributed by atoms with van der Waals surface area (Å²) in [5.74, 6) is 1.73. The maximum Gasteiger partial charge on any atom is 0.327 e. The van der Waals surface area contributed by atoms with E-state index in [0.717, 1.165) is 0 Å². The molecule has 5 nitrogen and oxygen atoms in total. The fourth-order valence-electron chi connectivity index (χ4n) is 1.13. The number of anilines is 1. The molecule has 84 valence electrons. The van der Waals surface area contributed by atoms with Crippen molar-refractivity contribution >= 4 is 11.7 Å². The highest BCUT2D eigenvalue weighted by Gasteiger charge is 2.15. The molecule has 16 heavy (non-hydrogen) atoms. The van der Waals surface area contributed by atoms with Crippen LogP contribution in [0.1, 0.15) is 6.42 Å². The van der Waals surface area contributed by atoms with Gasteiger partial charge in [-0.3, -0.25) is 0 Å². The third kappa shape index (κ3) is 3.17. The highest BCUT2D eigenvalue weighted by atomic mass is 16.5. The normalized spacial score (nSPS) is 11.2. The lowest BCUT2D eigenvalue weighted by Crippen LogP contribution is -2.28. The van der Waals surface area contributed by atoms with Gasteiger partial charge < -0.3 is 15.2 Å². The summed E-state index contributed by atoms with van der Waals surface area (Å²) in [6.07, 6.45) is 6.72. The van der Waals surface area contributed by atoms with Crippen LogP contribution in [0, 0.1) is 12.3 Å². The van der Waals surface area contributed by atoms with E-state index in [4.69, 9.17) is 16.3 Å². The highest BCUT2D eigenvalue weighted by molar-refractivity contribution is 5.77. The Morgan fingerprint density at radius 2 is 2.56 bits per heavy atom. The summed E-state index contributed by atoms with van der Waals surface area (Å²) in [5.41, 5.74) is 0.606. The molecule has 2 N–H and O–H groups in total. The third-order valence-corrected chi connectivity index (χ3v) is 1.90. The SMILES string of the molecule is C#CCC(Nc1ccnc(OC)c1)C(=O)O. The number of nitrogens with zero attached hydrogens (tertiary/aromatic N) is 1. The first-order chi connectivity index (χ1) is 7.67. The fraction of sp³-hybridized carbons (Fsp3) is 0.273. The van der Waals surface area contributed by atoms with Crippen LogP contribution in [0.15, 0.2) is 18.3 Å². The Hall–Kier alpha value is -2.22. The quantitative estimate of drug-likeness (QED) is 0.724. The number of nitrogens with one attached hydrogen (secondary N) is 1. The molecule has 0 amide bonds. The Balaban J connectivity index is 2.77. The van der Waals surface area contributed by atoms with Crippen molar-refractivity contribution in [3.8, 4) is 18.2 Å². The zero-order chi connectivity index (χ0) is 12.0. The number of methoxy groups -OCH3 is 1. The van der Waals surface area contributed by atoms with E-state index in [1.54, 1.807) is 12.1 Å². The van der Waals surface area contributed by atoms with Crippen LogP contribution in [-0.4, -0.2) is 29.2 Å². The molecule has 1 atom stereocenters. The van der Waals surface area contributed by atoms with E-state index in [0.29, 0.717) is 11.6 Å². The Kier molecular flexibility index (Phi) is 4.16. The smallest absolute Gasteiger partial charge is 0.327 e. The molecule has 1 unspecified atom stereocenters. The van der Waals surface area contributed by atoms with E-state index in [1.807, 2.05) is 0 Å². The maximum absolute atomic E-state index is 10.8. The molecule has 0 aliphatic rings. The molecular formula is C11H12N2O3. The summed E-state index contributed by atoms with van der Waals surface area (Å²) in [4.78, 5) is 14.7. The molecule has 1 rings (SSSR count). The number of aliphatic carboxylic acids is 1. The van der Waals surface area contributed by atoms with Crippen molar-refractivity contribution < 1.29 is 14.6 Å². The van der Waals surface area contributed by atoms with Gasteiger partial charge in [0.15, 0.2) is 0 Å². The monoisotopic (exact) mass is 220 g/mol. The Morgan fingerprint density at radius 1 is 1.81 bits per heavy atom. The van der Waals surface area contributed by atoms with E-state index in [-0.39, 0.29) is 6.42 Å². The second-order valence-electron chi connectivity index (χ2n) is 3.03. The number of aromatic nitrogens is 1. The molecule has 5 heteroatoms. The van der Waals surface area contributed by atoms with Crippen LogP contribution in [0.25, 0.3) is 0 Å². The minimum absolute atomic E-state index is 0.111. The van der Waals surface area contributed by atoms with Gasteiger partial charge in [0.05, 0.1) is 7.11 Å². The van der Waals surface area contributed by atoms with Crippen LogP contribution in [-0.2, 0) is 4.79 Å². The molecule has 0 spiro atoms. The topological polar surface area (TPSA) is 71.5 Å². The van der Waals surface area contributed by atoms with Crippen molar-refractivity contribution in [2.45, 2.75) is 12.5 Å². The van der Waals surface area contributed by atoms with Crippen LogP contribution in [0.5, 0.6) is 5.88 Å². The van der Waals surface area contributed by atoms with Crippen molar-refractivity contribution in [2.75, 3.05) is 12.4 Å². The lowest BCUT2D eigenvalue weighted by Gasteiger charge is -2.13. The average molecular weight is 220 g/mol. The Morgan fingerprint density at radius 3 is 3.12 bits per heavy atom. The van der Waals surface area contributed by atoms with Crippen molar-refractivity contribution in [2.24, 2.45) is 0 Å². The number of hydrogen-bond acceptors (Lipinski definition) is 4. The van der Waals surface area contributed by atoms with Crippen molar-refractivity contribution in [3.63, 3.8) is 0 Å². The van der Waals surface area contributed by atoms with Gasteiger partial charge >= 0.3 is 5.97 Å². The number of ether oxygens (including phenoxy) is 1. The van der Waals surface area contributed by atoms with Crippen LogP contribution in [0.2, 0.25) is 0 Å². The standard InChI is InChI=1S/C11H12N2O3/c1-3-4-9(11(14)15)13-8-5-6-12-10(7-8)16-2/h1,5-7,9H,4H2,2H3,(H,12,13)(H,14,15). The van der Waals surface area contributed by atoms with E-state index in [9.17, 15) is 4.79 Å². The molecule has 1 aromatic heterocycles. The van der Waals surface area contributed by atoms with Gasteiger partial charge in [0.2, 0.25) is 5.88 Å². The van der Waals surface area contributed by atoms with Gasteiger partial charge in [-0.2, -0.15) is 0 Å². The number of carboxylic acids is 1. The van der Waals surface area contributed by atoms with Crippen molar-refractivity contribution in [1.29, 1.82) is 0 Å². The van der Waals surface area contributed by atoms with Crippen molar-refractivity contribution in [1.82, 2.24) is 4.98 Å². The minimum Gasteiger partial charge on any atom is -0.481 e. The van der Waals surface area contributed by atoms with Gasteiger partial charge in [-0.15, -0.1) is 12.3 Å². The molecule has 0 radical (unpaired) electrons. The van der Waals surface area contributed by atoms with Gasteiger partial charge in [-0.25, -0.2) is 9.78 Å². The summed E-state index contributed by atoms with van der Waals surface area (Å²) in [6.45, 7) is 0. The minimum atomic E-state index is -0.992. The number of hydrogen-bond donors (Lipinski definition) is 2. The molecule has 0 saturated carbocycles. The fourth-order valence-corrected chi connectivity index (χ4v) is 1.13. The third-order valence-electron chi connectivity index (χ3n) is 1.90. The van der Waals surface area contributed by atoms with Gasteiger partial charge in [0.1, 0.15) is 6.04 Å². The van der Waals surface area contributed by atoms with E-state index in [1.165, 1.54) is 13.3 Å². The van der Waals surface area contributed by atoms with Crippen LogP contribution in [0.4, 0.5) is 5.69 Å². The van der Waals surface area contributed by atoms with E-state index >= 15 is 0 Å². The highest BCUT2D eigenvalue weighted by Crippen LogP contribution is 2.15. The largest absolute Gasteiger partial charge is 0.481 e. The van der Waals surface area contributed by atoms with Gasteiger partial charge in [-0.1, -0.05) is 0 Å². The van der Waals surface area contributed by atoms with Crippen LogP contribution in [0.3, 0.4) is 0 Å². The number of pyridine rings is 1. The molecule has 0 aliphatic heterocycles. The summed E-state index contributed by atoms with van der Waals surface area (Å²) < 4.78 is 4.92. The Labute approximate surface area is 93.5 Å². The first-order valence-corrected chi connectivity index (χ1v) is 4.60. The van der Waals surface area contributed by atoms with Gasteiger partial charge in [-0.05, 0) is 6.07 Å².